The maximum Gasteiger partial charge on any atom is 0.244 e. The molecule has 1 aromatic rings. The molecule has 0 aliphatic carbocycles. The van der Waals surface area contributed by atoms with Gasteiger partial charge in [-0.25, -0.2) is 12.8 Å². The lowest BCUT2D eigenvalue weighted by Crippen LogP contribution is -2.44. The van der Waals surface area contributed by atoms with Crippen LogP contribution in [0.1, 0.15) is 12.8 Å². The summed E-state index contributed by atoms with van der Waals surface area (Å²) in [5.74, 6) is -0.636. The summed E-state index contributed by atoms with van der Waals surface area (Å²) in [7, 11) is -0.122. The van der Waals surface area contributed by atoms with Gasteiger partial charge in [-0.15, -0.1) is 0 Å². The van der Waals surface area contributed by atoms with Crippen LogP contribution in [-0.4, -0.2) is 50.8 Å². The molecule has 2 N–H and O–H groups in total. The number of rotatable bonds is 3. The van der Waals surface area contributed by atoms with Gasteiger partial charge in [-0.2, -0.15) is 4.31 Å². The third-order valence-electron chi connectivity index (χ3n) is 3.91. The standard InChI is InChI=1S/C13H19BrFN3O2S/c1-17-5-3-9(4-6-17)18(2)21(19,20)13-8-12(16)11(15)7-10(13)14/h7-9H,3-6,16H2,1-2H3. The number of nitrogens with zero attached hydrogens (tertiary/aromatic N) is 2. The fourth-order valence-electron chi connectivity index (χ4n) is 2.45. The number of nitrogen functional groups attached to an aromatic ring is 1. The Balaban J connectivity index is 2.31. The second-order valence-corrected chi connectivity index (χ2v) is 8.18. The normalized spacial score (nSPS) is 18.3. The van der Waals surface area contributed by atoms with E-state index in [0.717, 1.165) is 32.0 Å². The second kappa shape index (κ2) is 6.20. The molecule has 0 radical (unpaired) electrons. The first-order valence-corrected chi connectivity index (χ1v) is 8.88. The van der Waals surface area contributed by atoms with Crippen molar-refractivity contribution in [3.05, 3.63) is 22.4 Å². The molecule has 0 spiro atoms. The number of hydrogen-bond donors (Lipinski definition) is 1. The predicted molar refractivity (Wildman–Crippen MR) is 84.0 cm³/mol. The number of nitrogens with two attached hydrogens (primary N) is 1. The van der Waals surface area contributed by atoms with Crippen molar-refractivity contribution in [1.82, 2.24) is 9.21 Å². The van der Waals surface area contributed by atoms with Gasteiger partial charge in [0.2, 0.25) is 10.0 Å². The van der Waals surface area contributed by atoms with Gasteiger partial charge in [-0.3, -0.25) is 0 Å². The van der Waals surface area contributed by atoms with Crippen LogP contribution in [0.15, 0.2) is 21.5 Å². The smallest absolute Gasteiger partial charge is 0.244 e. The summed E-state index contributed by atoms with van der Waals surface area (Å²) in [5, 5.41) is 0. The molecule has 1 heterocycles. The number of sulfonamides is 1. The Bertz CT molecular complexity index is 631. The summed E-state index contributed by atoms with van der Waals surface area (Å²) in [6.45, 7) is 1.72. The van der Waals surface area contributed by atoms with E-state index in [2.05, 4.69) is 20.8 Å². The molecular formula is C13H19BrFN3O2S. The fraction of sp³-hybridized carbons (Fsp3) is 0.538. The average Bonchev–Trinajstić information content (AvgIpc) is 2.42. The monoisotopic (exact) mass is 379 g/mol. The zero-order valence-electron chi connectivity index (χ0n) is 12.0. The number of anilines is 1. The van der Waals surface area contributed by atoms with E-state index in [-0.39, 0.29) is 21.1 Å². The molecule has 1 saturated heterocycles. The zero-order valence-corrected chi connectivity index (χ0v) is 14.4. The third-order valence-corrected chi connectivity index (χ3v) is 6.78. The van der Waals surface area contributed by atoms with Crippen molar-refractivity contribution in [2.75, 3.05) is 32.9 Å². The largest absolute Gasteiger partial charge is 0.396 e. The molecular weight excluding hydrogens is 361 g/mol. The maximum atomic E-state index is 13.4. The lowest BCUT2D eigenvalue weighted by Gasteiger charge is -2.34. The number of piperidine rings is 1. The van der Waals surface area contributed by atoms with E-state index >= 15 is 0 Å². The molecule has 0 aromatic heterocycles. The van der Waals surface area contributed by atoms with Crippen molar-refractivity contribution in [2.24, 2.45) is 0 Å². The highest BCUT2D eigenvalue weighted by atomic mass is 79.9. The van der Waals surface area contributed by atoms with Crippen LogP contribution in [-0.2, 0) is 10.0 Å². The molecule has 5 nitrogen and oxygen atoms in total. The quantitative estimate of drug-likeness (QED) is 0.814. The number of likely N-dealkylation sites (tertiary alicyclic amines) is 1. The summed E-state index contributed by atoms with van der Waals surface area (Å²) >= 11 is 3.11. The highest BCUT2D eigenvalue weighted by Gasteiger charge is 2.31. The van der Waals surface area contributed by atoms with Crippen LogP contribution in [0.3, 0.4) is 0 Å². The summed E-state index contributed by atoms with van der Waals surface area (Å²) in [4.78, 5) is 2.17. The van der Waals surface area contributed by atoms with Crippen molar-refractivity contribution < 1.29 is 12.8 Å². The molecule has 0 unspecified atom stereocenters. The van der Waals surface area contributed by atoms with Crippen LogP contribution < -0.4 is 5.73 Å². The van der Waals surface area contributed by atoms with E-state index in [1.807, 2.05) is 7.05 Å². The molecule has 1 aromatic carbocycles. The van der Waals surface area contributed by atoms with Gasteiger partial charge in [-0.05, 0) is 61.0 Å². The summed E-state index contributed by atoms with van der Waals surface area (Å²) in [6.07, 6.45) is 1.56. The highest BCUT2D eigenvalue weighted by molar-refractivity contribution is 9.10. The summed E-state index contributed by atoms with van der Waals surface area (Å²) in [6, 6.07) is 2.20. The topological polar surface area (TPSA) is 66.6 Å². The minimum atomic E-state index is -3.70. The first-order chi connectivity index (χ1) is 9.73. The van der Waals surface area contributed by atoms with Crippen LogP contribution >= 0.6 is 15.9 Å². The van der Waals surface area contributed by atoms with Crippen molar-refractivity contribution in [2.45, 2.75) is 23.8 Å². The predicted octanol–water partition coefficient (Wildman–Crippen LogP) is 1.89. The first-order valence-electron chi connectivity index (χ1n) is 6.64. The van der Waals surface area contributed by atoms with Gasteiger partial charge >= 0.3 is 0 Å². The van der Waals surface area contributed by atoms with Gasteiger partial charge in [-0.1, -0.05) is 0 Å². The summed E-state index contributed by atoms with van der Waals surface area (Å²) in [5.41, 5.74) is 5.32. The van der Waals surface area contributed by atoms with Gasteiger partial charge in [0.05, 0.1) is 10.6 Å². The van der Waals surface area contributed by atoms with Crippen molar-refractivity contribution >= 4 is 31.6 Å². The minimum Gasteiger partial charge on any atom is -0.396 e. The SMILES string of the molecule is CN1CCC(N(C)S(=O)(=O)c2cc(N)c(F)cc2Br)CC1. The van der Waals surface area contributed by atoms with Crippen LogP contribution in [0.4, 0.5) is 10.1 Å². The third kappa shape index (κ3) is 3.39. The molecule has 1 aliphatic rings. The highest BCUT2D eigenvalue weighted by Crippen LogP contribution is 2.30. The van der Waals surface area contributed by atoms with E-state index < -0.39 is 15.8 Å². The number of hydrogen-bond acceptors (Lipinski definition) is 4. The molecule has 1 aliphatic heterocycles. The van der Waals surface area contributed by atoms with Gasteiger partial charge in [0.1, 0.15) is 5.82 Å². The van der Waals surface area contributed by atoms with E-state index in [1.165, 1.54) is 10.4 Å². The van der Waals surface area contributed by atoms with Gasteiger partial charge in [0.25, 0.3) is 0 Å². The molecule has 8 heteroatoms. The lowest BCUT2D eigenvalue weighted by atomic mass is 10.1. The Morgan fingerprint density at radius 1 is 1.38 bits per heavy atom. The fourth-order valence-corrected chi connectivity index (χ4v) is 4.88. The Morgan fingerprint density at radius 3 is 2.52 bits per heavy atom. The molecule has 21 heavy (non-hydrogen) atoms. The zero-order chi connectivity index (χ0) is 15.8. The Kier molecular flexibility index (Phi) is 4.92. The average molecular weight is 380 g/mol. The minimum absolute atomic E-state index is 0.00262. The second-order valence-electron chi connectivity index (χ2n) is 5.36. The Labute approximate surface area is 133 Å². The molecule has 2 rings (SSSR count). The van der Waals surface area contributed by atoms with Crippen LogP contribution in [0.2, 0.25) is 0 Å². The van der Waals surface area contributed by atoms with Crippen molar-refractivity contribution in [1.29, 1.82) is 0 Å². The van der Waals surface area contributed by atoms with E-state index in [4.69, 9.17) is 5.73 Å². The Hall–Kier alpha value is -0.700. The molecule has 1 fully saturated rings. The lowest BCUT2D eigenvalue weighted by molar-refractivity contribution is 0.197. The van der Waals surface area contributed by atoms with Gasteiger partial charge < -0.3 is 10.6 Å². The molecule has 0 saturated carbocycles. The van der Waals surface area contributed by atoms with Crippen LogP contribution in [0.25, 0.3) is 0 Å². The van der Waals surface area contributed by atoms with Crippen molar-refractivity contribution in [3.63, 3.8) is 0 Å². The Morgan fingerprint density at radius 2 is 1.95 bits per heavy atom. The first kappa shape index (κ1) is 16.7. The van der Waals surface area contributed by atoms with Crippen LogP contribution in [0.5, 0.6) is 0 Å². The van der Waals surface area contributed by atoms with Crippen molar-refractivity contribution in [3.8, 4) is 0 Å². The van der Waals surface area contributed by atoms with E-state index in [9.17, 15) is 12.8 Å². The molecule has 118 valence electrons. The van der Waals surface area contributed by atoms with Gasteiger partial charge in [0.15, 0.2) is 0 Å². The van der Waals surface area contributed by atoms with Crippen LogP contribution in [0, 0.1) is 5.82 Å². The van der Waals surface area contributed by atoms with E-state index in [1.54, 1.807) is 7.05 Å². The molecule has 0 bridgehead atoms. The van der Waals surface area contributed by atoms with E-state index in [0.29, 0.717) is 0 Å². The summed E-state index contributed by atoms with van der Waals surface area (Å²) < 4.78 is 40.3. The maximum absolute atomic E-state index is 13.4. The number of halogens is 2. The van der Waals surface area contributed by atoms with Gasteiger partial charge in [0, 0.05) is 17.6 Å². The molecule has 0 amide bonds. The number of benzene rings is 1. The molecule has 0 atom stereocenters.